The normalized spacial score (nSPS) is 18.4. The highest BCUT2D eigenvalue weighted by atomic mass is 16.6. The molecule has 9 nitrogen and oxygen atoms in total. The minimum atomic E-state index is -1.08. The van der Waals surface area contributed by atoms with Crippen molar-refractivity contribution in [3.63, 3.8) is 0 Å². The van der Waals surface area contributed by atoms with E-state index in [-0.39, 0.29) is 30.7 Å². The molecule has 1 saturated carbocycles. The lowest BCUT2D eigenvalue weighted by Gasteiger charge is -2.35. The van der Waals surface area contributed by atoms with Crippen molar-refractivity contribution in [1.82, 2.24) is 15.5 Å². The van der Waals surface area contributed by atoms with E-state index in [1.54, 1.807) is 25.7 Å². The van der Waals surface area contributed by atoms with Crippen LogP contribution in [0, 0.1) is 19.8 Å². The lowest BCUT2D eigenvalue weighted by molar-refractivity contribution is -0.143. The van der Waals surface area contributed by atoms with E-state index >= 15 is 0 Å². The molecule has 9 heteroatoms. The van der Waals surface area contributed by atoms with Crippen LogP contribution in [0.2, 0.25) is 0 Å². The molecule has 0 radical (unpaired) electrons. The maximum Gasteiger partial charge on any atom is 0.408 e. The van der Waals surface area contributed by atoms with Crippen molar-refractivity contribution in [3.05, 3.63) is 34.9 Å². The molecule has 1 fully saturated rings. The molecule has 1 aromatic rings. The zero-order valence-corrected chi connectivity index (χ0v) is 23.3. The topological polar surface area (TPSA) is 131 Å². The number of unbranched alkanes of at least 4 members (excludes halogenated alkanes) is 1. The number of ether oxygens (including phenoxy) is 1. The molecule has 4 unspecified atom stereocenters. The fraction of sp³-hybridized carbons (Fsp3) is 0.643. The molecule has 2 rings (SSSR count). The number of rotatable bonds is 12. The van der Waals surface area contributed by atoms with Gasteiger partial charge in [0, 0.05) is 19.0 Å². The summed E-state index contributed by atoms with van der Waals surface area (Å²) in [6.07, 6.45) is 1.62. The summed E-state index contributed by atoms with van der Waals surface area (Å²) in [6.45, 7) is 13.7. The first-order chi connectivity index (χ1) is 17.2. The van der Waals surface area contributed by atoms with E-state index in [1.807, 2.05) is 45.9 Å². The van der Waals surface area contributed by atoms with Crippen molar-refractivity contribution in [2.24, 2.45) is 11.7 Å². The fourth-order valence-electron chi connectivity index (χ4n) is 4.20. The summed E-state index contributed by atoms with van der Waals surface area (Å²) in [6, 6.07) is 3.63. The second kappa shape index (κ2) is 12.9. The number of alkyl carbamates (subject to hydrolysis) is 1. The lowest BCUT2D eigenvalue weighted by Crippen LogP contribution is -2.54. The highest BCUT2D eigenvalue weighted by molar-refractivity contribution is 5.93. The van der Waals surface area contributed by atoms with Gasteiger partial charge in [-0.2, -0.15) is 0 Å². The Morgan fingerprint density at radius 1 is 1.16 bits per heavy atom. The number of nitrogens with zero attached hydrogens (tertiary/aromatic N) is 1. The van der Waals surface area contributed by atoms with Crippen LogP contribution >= 0.6 is 0 Å². The number of benzene rings is 1. The maximum atomic E-state index is 14.1. The zero-order valence-electron chi connectivity index (χ0n) is 23.3. The number of carbonyl (C=O) groups excluding carboxylic acids is 4. The second-order valence-corrected chi connectivity index (χ2v) is 11.1. The number of hydrogen-bond acceptors (Lipinski definition) is 5. The van der Waals surface area contributed by atoms with Crippen molar-refractivity contribution >= 4 is 23.8 Å². The van der Waals surface area contributed by atoms with E-state index in [2.05, 4.69) is 10.6 Å². The monoisotopic (exact) mass is 516 g/mol. The molecule has 4 amide bonds. The first-order valence-electron chi connectivity index (χ1n) is 13.2. The third kappa shape index (κ3) is 9.05. The Kier molecular flexibility index (Phi) is 10.5. The van der Waals surface area contributed by atoms with Gasteiger partial charge in [0.15, 0.2) is 0 Å². The third-order valence-corrected chi connectivity index (χ3v) is 6.55. The summed E-state index contributed by atoms with van der Waals surface area (Å²) in [4.78, 5) is 53.5. The molecule has 1 aliphatic carbocycles. The lowest BCUT2D eigenvalue weighted by atomic mass is 9.97. The summed E-state index contributed by atoms with van der Waals surface area (Å²) in [5.41, 5.74) is 7.40. The summed E-state index contributed by atoms with van der Waals surface area (Å²) in [5.74, 6) is -1.09. The summed E-state index contributed by atoms with van der Waals surface area (Å²) in [5, 5.41) is 5.62. The smallest absolute Gasteiger partial charge is 0.408 e. The van der Waals surface area contributed by atoms with Crippen LogP contribution in [0.1, 0.15) is 89.5 Å². The zero-order chi connectivity index (χ0) is 27.9. The van der Waals surface area contributed by atoms with Gasteiger partial charge in [-0.1, -0.05) is 38.5 Å². The molecule has 0 saturated heterocycles. The number of carbonyl (C=O) groups is 4. The molecule has 0 aromatic heterocycles. The van der Waals surface area contributed by atoms with Crippen molar-refractivity contribution < 1.29 is 23.9 Å². The Labute approximate surface area is 220 Å². The van der Waals surface area contributed by atoms with Gasteiger partial charge < -0.3 is 26.0 Å². The number of hydrogen-bond donors (Lipinski definition) is 3. The number of nitrogens with one attached hydrogen (secondary N) is 2. The van der Waals surface area contributed by atoms with E-state index in [0.29, 0.717) is 12.1 Å². The second-order valence-electron chi connectivity index (χ2n) is 11.1. The summed E-state index contributed by atoms with van der Waals surface area (Å²) < 4.78 is 5.37. The number of primary amides is 1. The summed E-state index contributed by atoms with van der Waals surface area (Å²) >= 11 is 0. The highest BCUT2D eigenvalue weighted by Gasteiger charge is 2.48. The third-order valence-electron chi connectivity index (χ3n) is 6.55. The van der Waals surface area contributed by atoms with Crippen LogP contribution in [0.3, 0.4) is 0 Å². The minimum absolute atomic E-state index is 0.00209. The SMILES string of the molecule is CCCCNC(=O)C(c1ccc(C)c(C)c1)N(C(=O)C(CCC(N)=O)NC(=O)OC(C)(C)C)C1CC1C. The standard InChI is InChI=1S/C28H44N4O5/c1-8-9-14-30-25(34)24(20-11-10-17(2)18(3)15-20)32(22-16-19(22)4)26(35)21(12-13-23(29)33)31-27(36)37-28(5,6)7/h10-11,15,19,21-22,24H,8-9,12-14,16H2,1-7H3,(H2,29,33)(H,30,34)(H,31,36). The first-order valence-corrected chi connectivity index (χ1v) is 13.2. The van der Waals surface area contributed by atoms with Gasteiger partial charge in [0.05, 0.1) is 0 Å². The van der Waals surface area contributed by atoms with E-state index in [4.69, 9.17) is 10.5 Å². The molecule has 1 aromatic carbocycles. The Hall–Kier alpha value is -3.10. The molecule has 0 spiro atoms. The largest absolute Gasteiger partial charge is 0.444 e. The molecule has 1 aliphatic rings. The molecule has 206 valence electrons. The van der Waals surface area contributed by atoms with Gasteiger partial charge in [-0.25, -0.2) is 4.79 Å². The van der Waals surface area contributed by atoms with Crippen molar-refractivity contribution in [1.29, 1.82) is 0 Å². The molecule has 4 atom stereocenters. The van der Waals surface area contributed by atoms with Gasteiger partial charge in [-0.3, -0.25) is 14.4 Å². The van der Waals surface area contributed by atoms with Crippen molar-refractivity contribution in [3.8, 4) is 0 Å². The summed E-state index contributed by atoms with van der Waals surface area (Å²) in [7, 11) is 0. The Morgan fingerprint density at radius 2 is 1.81 bits per heavy atom. The maximum absolute atomic E-state index is 14.1. The van der Waals surface area contributed by atoms with Crippen LogP contribution in [0.5, 0.6) is 0 Å². The minimum Gasteiger partial charge on any atom is -0.444 e. The molecule has 0 aliphatic heterocycles. The predicted molar refractivity (Wildman–Crippen MR) is 143 cm³/mol. The van der Waals surface area contributed by atoms with Gasteiger partial charge in [0.25, 0.3) is 0 Å². The van der Waals surface area contributed by atoms with Gasteiger partial charge in [0.2, 0.25) is 17.7 Å². The number of aryl methyl sites for hydroxylation is 2. The van der Waals surface area contributed by atoms with Crippen LogP contribution in [0.4, 0.5) is 4.79 Å². The Morgan fingerprint density at radius 3 is 2.32 bits per heavy atom. The van der Waals surface area contributed by atoms with Crippen LogP contribution in [0.25, 0.3) is 0 Å². The first kappa shape index (κ1) is 30.1. The van der Waals surface area contributed by atoms with Crippen LogP contribution in [-0.4, -0.2) is 52.9 Å². The van der Waals surface area contributed by atoms with E-state index in [0.717, 1.165) is 30.4 Å². The quantitative estimate of drug-likeness (QED) is 0.365. The van der Waals surface area contributed by atoms with Crippen molar-refractivity contribution in [2.45, 2.75) is 104 Å². The average molecular weight is 517 g/mol. The van der Waals surface area contributed by atoms with E-state index < -0.39 is 35.6 Å². The van der Waals surface area contributed by atoms with Gasteiger partial charge in [-0.15, -0.1) is 0 Å². The molecule has 4 N–H and O–H groups in total. The molecule has 37 heavy (non-hydrogen) atoms. The molecule has 0 bridgehead atoms. The number of nitrogens with two attached hydrogens (primary N) is 1. The highest BCUT2D eigenvalue weighted by Crippen LogP contribution is 2.41. The van der Waals surface area contributed by atoms with Crippen LogP contribution in [0.15, 0.2) is 18.2 Å². The van der Waals surface area contributed by atoms with Crippen LogP contribution in [-0.2, 0) is 19.1 Å². The van der Waals surface area contributed by atoms with Gasteiger partial charge in [0.1, 0.15) is 17.7 Å². The number of amides is 4. The van der Waals surface area contributed by atoms with Gasteiger partial charge in [-0.05, 0) is 76.5 Å². The predicted octanol–water partition coefficient (Wildman–Crippen LogP) is 3.66. The molecule has 0 heterocycles. The Bertz CT molecular complexity index is 987. The van der Waals surface area contributed by atoms with E-state index in [9.17, 15) is 19.2 Å². The average Bonchev–Trinajstić information content (AvgIpc) is 3.50. The van der Waals surface area contributed by atoms with E-state index in [1.165, 1.54) is 0 Å². The fourth-order valence-corrected chi connectivity index (χ4v) is 4.20. The van der Waals surface area contributed by atoms with Gasteiger partial charge >= 0.3 is 6.09 Å². The molecular formula is C28H44N4O5. The van der Waals surface area contributed by atoms with Crippen LogP contribution < -0.4 is 16.4 Å². The molecular weight excluding hydrogens is 472 g/mol. The van der Waals surface area contributed by atoms with Crippen molar-refractivity contribution in [2.75, 3.05) is 6.54 Å². The Balaban J connectivity index is 2.49.